The average molecular weight is 409 g/mol. The molecular formula is C20H25ClN2O3S. The molecule has 1 fully saturated rings. The first-order valence-electron chi connectivity index (χ1n) is 9.01. The number of aryl methyl sites for hydroxylation is 2. The maximum atomic E-state index is 12.8. The quantitative estimate of drug-likeness (QED) is 0.796. The molecule has 3 rings (SSSR count). The minimum atomic E-state index is -3.64. The Bertz CT molecular complexity index is 896. The number of nitrogens with one attached hydrogen (secondary N) is 1. The molecule has 0 saturated carbocycles. The summed E-state index contributed by atoms with van der Waals surface area (Å²) in [4.78, 5) is 2.45. The van der Waals surface area contributed by atoms with Gasteiger partial charge in [-0.25, -0.2) is 13.1 Å². The Balaban J connectivity index is 1.82. The molecule has 1 N–H and O–H groups in total. The summed E-state index contributed by atoms with van der Waals surface area (Å²) in [6.45, 7) is 7.03. The standard InChI is InChI=1S/C20H25ClN2O3S/c1-15-4-3-5-17(12-15)20(23-8-10-26-11-9-23)14-22-27(24,25)18-7-6-16(2)19(21)13-18/h3-7,12-13,20,22H,8-11,14H2,1-2H3/t20-/m0/s1. The van der Waals surface area contributed by atoms with Crippen LogP contribution in [-0.4, -0.2) is 46.2 Å². The lowest BCUT2D eigenvalue weighted by molar-refractivity contribution is 0.0172. The fourth-order valence-corrected chi connectivity index (χ4v) is 4.55. The zero-order chi connectivity index (χ0) is 19.4. The Hall–Kier alpha value is -1.44. The Kier molecular flexibility index (Phi) is 6.55. The van der Waals surface area contributed by atoms with Crippen molar-refractivity contribution in [2.45, 2.75) is 24.8 Å². The first-order valence-corrected chi connectivity index (χ1v) is 10.9. The normalized spacial score (nSPS) is 17.0. The second-order valence-corrected chi connectivity index (χ2v) is 9.02. The summed E-state index contributed by atoms with van der Waals surface area (Å²) in [6, 6.07) is 12.9. The Morgan fingerprint density at radius 3 is 2.56 bits per heavy atom. The van der Waals surface area contributed by atoms with E-state index in [1.807, 2.05) is 32.0 Å². The lowest BCUT2D eigenvalue weighted by Gasteiger charge is -2.35. The van der Waals surface area contributed by atoms with Gasteiger partial charge in [-0.15, -0.1) is 0 Å². The van der Waals surface area contributed by atoms with Crippen molar-refractivity contribution in [3.8, 4) is 0 Å². The van der Waals surface area contributed by atoms with E-state index in [0.29, 0.717) is 18.2 Å². The third-order valence-electron chi connectivity index (χ3n) is 4.83. The van der Waals surface area contributed by atoms with Crippen molar-refractivity contribution in [2.75, 3.05) is 32.8 Å². The van der Waals surface area contributed by atoms with Gasteiger partial charge in [-0.3, -0.25) is 4.90 Å². The second kappa shape index (κ2) is 8.71. The fourth-order valence-electron chi connectivity index (χ4n) is 3.24. The van der Waals surface area contributed by atoms with Crippen LogP contribution in [0.2, 0.25) is 5.02 Å². The largest absolute Gasteiger partial charge is 0.379 e. The number of sulfonamides is 1. The molecule has 0 aliphatic carbocycles. The van der Waals surface area contributed by atoms with E-state index in [0.717, 1.165) is 29.8 Å². The van der Waals surface area contributed by atoms with E-state index in [-0.39, 0.29) is 17.5 Å². The summed E-state index contributed by atoms with van der Waals surface area (Å²) in [7, 11) is -3.64. The number of hydrogen-bond acceptors (Lipinski definition) is 4. The van der Waals surface area contributed by atoms with Gasteiger partial charge in [0.1, 0.15) is 0 Å². The predicted molar refractivity (Wildman–Crippen MR) is 108 cm³/mol. The van der Waals surface area contributed by atoms with E-state index in [4.69, 9.17) is 16.3 Å². The van der Waals surface area contributed by atoms with Crippen molar-refractivity contribution in [3.05, 3.63) is 64.2 Å². The minimum Gasteiger partial charge on any atom is -0.379 e. The highest BCUT2D eigenvalue weighted by molar-refractivity contribution is 7.89. The maximum absolute atomic E-state index is 12.8. The Morgan fingerprint density at radius 2 is 1.89 bits per heavy atom. The van der Waals surface area contributed by atoms with Gasteiger partial charge >= 0.3 is 0 Å². The van der Waals surface area contributed by atoms with Crippen LogP contribution in [0.5, 0.6) is 0 Å². The fraction of sp³-hybridized carbons (Fsp3) is 0.400. The molecule has 0 unspecified atom stereocenters. The van der Waals surface area contributed by atoms with E-state index in [1.54, 1.807) is 12.1 Å². The molecule has 0 aromatic heterocycles. The second-order valence-electron chi connectivity index (χ2n) is 6.84. The van der Waals surface area contributed by atoms with Crippen molar-refractivity contribution >= 4 is 21.6 Å². The summed E-state index contributed by atoms with van der Waals surface area (Å²) in [5, 5.41) is 0.446. The van der Waals surface area contributed by atoms with Crippen LogP contribution < -0.4 is 4.72 Å². The Morgan fingerprint density at radius 1 is 1.15 bits per heavy atom. The molecule has 1 aliphatic heterocycles. The van der Waals surface area contributed by atoms with Crippen LogP contribution in [-0.2, 0) is 14.8 Å². The van der Waals surface area contributed by atoms with Gasteiger partial charge < -0.3 is 4.74 Å². The number of benzene rings is 2. The number of hydrogen-bond donors (Lipinski definition) is 1. The first kappa shape index (κ1) is 20.3. The van der Waals surface area contributed by atoms with E-state index in [1.165, 1.54) is 6.07 Å². The zero-order valence-electron chi connectivity index (χ0n) is 15.6. The highest BCUT2D eigenvalue weighted by Gasteiger charge is 2.25. The van der Waals surface area contributed by atoms with Crippen LogP contribution in [0.4, 0.5) is 0 Å². The van der Waals surface area contributed by atoms with Crippen LogP contribution in [0.15, 0.2) is 47.4 Å². The maximum Gasteiger partial charge on any atom is 0.240 e. The molecule has 0 amide bonds. The number of rotatable bonds is 6. The molecule has 1 heterocycles. The molecule has 7 heteroatoms. The molecule has 1 atom stereocenters. The number of nitrogens with zero attached hydrogens (tertiary/aromatic N) is 1. The highest BCUT2D eigenvalue weighted by Crippen LogP contribution is 2.24. The Labute approximate surface area is 166 Å². The molecule has 27 heavy (non-hydrogen) atoms. The van der Waals surface area contributed by atoms with Gasteiger partial charge in [-0.2, -0.15) is 0 Å². The average Bonchev–Trinajstić information content (AvgIpc) is 2.65. The number of morpholine rings is 1. The lowest BCUT2D eigenvalue weighted by atomic mass is 10.0. The molecule has 146 valence electrons. The van der Waals surface area contributed by atoms with Crippen molar-refractivity contribution < 1.29 is 13.2 Å². The van der Waals surface area contributed by atoms with E-state index in [9.17, 15) is 8.42 Å². The lowest BCUT2D eigenvalue weighted by Crippen LogP contribution is -2.43. The molecule has 0 bridgehead atoms. The summed E-state index contributed by atoms with van der Waals surface area (Å²) < 4.78 is 33.8. The molecular weight excluding hydrogens is 384 g/mol. The van der Waals surface area contributed by atoms with Crippen molar-refractivity contribution in [3.63, 3.8) is 0 Å². The van der Waals surface area contributed by atoms with Gasteiger partial charge in [-0.05, 0) is 37.1 Å². The minimum absolute atomic E-state index is 0.0514. The van der Waals surface area contributed by atoms with Gasteiger partial charge in [0.2, 0.25) is 10.0 Å². The third-order valence-corrected chi connectivity index (χ3v) is 6.66. The smallest absolute Gasteiger partial charge is 0.240 e. The summed E-state index contributed by atoms with van der Waals surface area (Å²) in [5.41, 5.74) is 3.10. The van der Waals surface area contributed by atoms with Gasteiger partial charge in [-0.1, -0.05) is 47.5 Å². The van der Waals surface area contributed by atoms with Crippen LogP contribution in [0.1, 0.15) is 22.7 Å². The molecule has 0 spiro atoms. The van der Waals surface area contributed by atoms with Crippen LogP contribution in [0.3, 0.4) is 0 Å². The van der Waals surface area contributed by atoms with E-state index >= 15 is 0 Å². The zero-order valence-corrected chi connectivity index (χ0v) is 17.2. The van der Waals surface area contributed by atoms with Gasteiger partial charge in [0.05, 0.1) is 18.1 Å². The first-order chi connectivity index (χ1) is 12.9. The van der Waals surface area contributed by atoms with Gasteiger partial charge in [0.15, 0.2) is 0 Å². The summed E-state index contributed by atoms with van der Waals surface area (Å²) in [5.74, 6) is 0. The van der Waals surface area contributed by atoms with Gasteiger partial charge in [0.25, 0.3) is 0 Å². The van der Waals surface area contributed by atoms with Crippen molar-refractivity contribution in [1.82, 2.24) is 9.62 Å². The molecule has 2 aromatic rings. The summed E-state index contributed by atoms with van der Waals surface area (Å²) >= 11 is 6.10. The van der Waals surface area contributed by atoms with Crippen molar-refractivity contribution in [1.29, 1.82) is 0 Å². The molecule has 1 aliphatic rings. The van der Waals surface area contributed by atoms with Crippen LogP contribution >= 0.6 is 11.6 Å². The third kappa shape index (κ3) is 5.09. The van der Waals surface area contributed by atoms with Crippen molar-refractivity contribution in [2.24, 2.45) is 0 Å². The molecule has 2 aromatic carbocycles. The molecule has 5 nitrogen and oxygen atoms in total. The highest BCUT2D eigenvalue weighted by atomic mass is 35.5. The molecule has 0 radical (unpaired) electrons. The van der Waals surface area contributed by atoms with Gasteiger partial charge in [0, 0.05) is 30.7 Å². The number of halogens is 1. The van der Waals surface area contributed by atoms with E-state index < -0.39 is 10.0 Å². The molecule has 1 saturated heterocycles. The van der Waals surface area contributed by atoms with E-state index in [2.05, 4.69) is 15.7 Å². The monoisotopic (exact) mass is 408 g/mol. The SMILES string of the molecule is Cc1cccc([C@H](CNS(=O)(=O)c2ccc(C)c(Cl)c2)N2CCOCC2)c1. The van der Waals surface area contributed by atoms with Crippen LogP contribution in [0.25, 0.3) is 0 Å². The van der Waals surface area contributed by atoms with Crippen LogP contribution in [0, 0.1) is 13.8 Å². The number of ether oxygens (including phenoxy) is 1. The summed E-state index contributed by atoms with van der Waals surface area (Å²) in [6.07, 6.45) is 0. The topological polar surface area (TPSA) is 58.6 Å². The predicted octanol–water partition coefficient (Wildman–Crippen LogP) is 3.31.